The van der Waals surface area contributed by atoms with Crippen molar-refractivity contribution in [2.75, 3.05) is 0 Å². The van der Waals surface area contributed by atoms with E-state index in [0.29, 0.717) is 22.3 Å². The van der Waals surface area contributed by atoms with E-state index in [9.17, 15) is 9.59 Å². The molecule has 120 valence electrons. The van der Waals surface area contributed by atoms with Crippen LogP contribution in [0, 0.1) is 0 Å². The first kappa shape index (κ1) is 17.1. The van der Waals surface area contributed by atoms with Gasteiger partial charge in [-0.05, 0) is 45.6 Å². The van der Waals surface area contributed by atoms with Crippen LogP contribution in [0.5, 0.6) is 0 Å². The van der Waals surface area contributed by atoms with Crippen LogP contribution < -0.4 is 0 Å². The summed E-state index contributed by atoms with van der Waals surface area (Å²) in [7, 11) is 0. The van der Waals surface area contributed by atoms with Gasteiger partial charge in [-0.25, -0.2) is 0 Å². The van der Waals surface area contributed by atoms with E-state index in [4.69, 9.17) is 0 Å². The minimum atomic E-state index is -0.0370. The molecule has 0 fully saturated rings. The third kappa shape index (κ3) is 3.58. The molecule has 0 saturated carbocycles. The Bertz CT molecular complexity index is 730. The first-order valence-corrected chi connectivity index (χ1v) is 8.19. The summed E-state index contributed by atoms with van der Waals surface area (Å²) < 4.78 is 0. The SMILES string of the molecule is CC/C=C(\C)CC/C=C(\C)C1=C(C)C(=O)c2ccccc2C1=O. The number of allylic oxidation sites excluding steroid dienone is 6. The monoisotopic (exact) mass is 308 g/mol. The molecule has 1 aromatic rings. The Kier molecular flexibility index (Phi) is 5.49. The van der Waals surface area contributed by atoms with Crippen LogP contribution in [0.15, 0.2) is 58.7 Å². The summed E-state index contributed by atoms with van der Waals surface area (Å²) >= 11 is 0. The van der Waals surface area contributed by atoms with Crippen LogP contribution in [0.1, 0.15) is 67.7 Å². The van der Waals surface area contributed by atoms with Crippen LogP contribution in [-0.4, -0.2) is 11.6 Å². The molecular weight excluding hydrogens is 284 g/mol. The largest absolute Gasteiger partial charge is 0.289 e. The molecule has 0 aromatic heterocycles. The van der Waals surface area contributed by atoms with Gasteiger partial charge in [0.15, 0.2) is 11.6 Å². The van der Waals surface area contributed by atoms with E-state index in [2.05, 4.69) is 26.0 Å². The molecule has 2 rings (SSSR count). The van der Waals surface area contributed by atoms with E-state index in [0.717, 1.165) is 24.8 Å². The fraction of sp³-hybridized carbons (Fsp3) is 0.333. The van der Waals surface area contributed by atoms with E-state index in [1.807, 2.05) is 6.92 Å². The standard InChI is InChI=1S/C21H24O2/c1-5-9-14(2)10-8-11-15(3)19-16(4)20(22)17-12-6-7-13-18(17)21(19)23/h6-7,9,11-13H,5,8,10H2,1-4H3/b14-9+,15-11+. The molecular formula is C21H24O2. The predicted octanol–water partition coefficient (Wildman–Crippen LogP) is 5.46. The Morgan fingerprint density at radius 2 is 1.61 bits per heavy atom. The highest BCUT2D eigenvalue weighted by molar-refractivity contribution is 6.28. The zero-order chi connectivity index (χ0) is 17.0. The number of benzene rings is 1. The maximum atomic E-state index is 12.8. The summed E-state index contributed by atoms with van der Waals surface area (Å²) in [6.07, 6.45) is 7.21. The maximum Gasteiger partial charge on any atom is 0.194 e. The number of Topliss-reactive ketones (excluding diaryl/α,β-unsaturated/α-hetero) is 2. The fourth-order valence-electron chi connectivity index (χ4n) is 3.04. The quantitative estimate of drug-likeness (QED) is 0.676. The van der Waals surface area contributed by atoms with Gasteiger partial charge in [0.25, 0.3) is 0 Å². The molecule has 0 bridgehead atoms. The van der Waals surface area contributed by atoms with Crippen LogP contribution in [0.4, 0.5) is 0 Å². The van der Waals surface area contributed by atoms with Gasteiger partial charge >= 0.3 is 0 Å². The average molecular weight is 308 g/mol. The van der Waals surface area contributed by atoms with Crippen LogP contribution in [0.3, 0.4) is 0 Å². The van der Waals surface area contributed by atoms with Crippen molar-refractivity contribution in [3.8, 4) is 0 Å². The summed E-state index contributed by atoms with van der Waals surface area (Å²) in [5.41, 5.74) is 4.44. The molecule has 0 unspecified atom stereocenters. The third-order valence-electron chi connectivity index (χ3n) is 4.30. The van der Waals surface area contributed by atoms with Gasteiger partial charge in [0.05, 0.1) is 0 Å². The Hall–Kier alpha value is -2.22. The molecule has 1 aromatic carbocycles. The van der Waals surface area contributed by atoms with Gasteiger partial charge in [0.1, 0.15) is 0 Å². The van der Waals surface area contributed by atoms with Crippen molar-refractivity contribution < 1.29 is 9.59 Å². The average Bonchev–Trinajstić information content (AvgIpc) is 2.53. The maximum absolute atomic E-state index is 12.8. The number of fused-ring (bicyclic) bond motifs is 1. The topological polar surface area (TPSA) is 34.1 Å². The number of carbonyl (C=O) groups excluding carboxylic acids is 2. The molecule has 0 saturated heterocycles. The van der Waals surface area contributed by atoms with Crippen molar-refractivity contribution >= 4 is 11.6 Å². The summed E-state index contributed by atoms with van der Waals surface area (Å²) in [6.45, 7) is 7.94. The lowest BCUT2D eigenvalue weighted by Gasteiger charge is -2.19. The highest BCUT2D eigenvalue weighted by atomic mass is 16.1. The molecule has 2 nitrogen and oxygen atoms in total. The summed E-state index contributed by atoms with van der Waals surface area (Å²) in [4.78, 5) is 25.2. The molecule has 0 radical (unpaired) electrons. The Morgan fingerprint density at radius 3 is 2.22 bits per heavy atom. The van der Waals surface area contributed by atoms with Gasteiger partial charge in [0, 0.05) is 22.3 Å². The van der Waals surface area contributed by atoms with Crippen molar-refractivity contribution in [3.05, 3.63) is 69.8 Å². The van der Waals surface area contributed by atoms with E-state index in [-0.39, 0.29) is 11.6 Å². The second kappa shape index (κ2) is 7.36. The fourth-order valence-corrected chi connectivity index (χ4v) is 3.04. The summed E-state index contributed by atoms with van der Waals surface area (Å²) in [6, 6.07) is 7.07. The number of hydrogen-bond acceptors (Lipinski definition) is 2. The van der Waals surface area contributed by atoms with Gasteiger partial charge in [-0.3, -0.25) is 9.59 Å². The zero-order valence-electron chi connectivity index (χ0n) is 14.4. The highest BCUT2D eigenvalue weighted by Crippen LogP contribution is 2.30. The molecule has 2 heteroatoms. The molecule has 0 aliphatic heterocycles. The highest BCUT2D eigenvalue weighted by Gasteiger charge is 2.29. The van der Waals surface area contributed by atoms with Crippen molar-refractivity contribution in [1.82, 2.24) is 0 Å². The number of carbonyl (C=O) groups is 2. The molecule has 23 heavy (non-hydrogen) atoms. The van der Waals surface area contributed by atoms with Crippen molar-refractivity contribution in [2.45, 2.75) is 47.0 Å². The predicted molar refractivity (Wildman–Crippen MR) is 94.8 cm³/mol. The molecule has 1 aliphatic rings. The van der Waals surface area contributed by atoms with Crippen LogP contribution >= 0.6 is 0 Å². The van der Waals surface area contributed by atoms with E-state index < -0.39 is 0 Å². The minimum Gasteiger partial charge on any atom is -0.289 e. The lowest BCUT2D eigenvalue weighted by atomic mass is 9.81. The lowest BCUT2D eigenvalue weighted by Crippen LogP contribution is -2.21. The smallest absolute Gasteiger partial charge is 0.194 e. The first-order chi connectivity index (χ1) is 11.0. The van der Waals surface area contributed by atoms with Crippen molar-refractivity contribution in [3.63, 3.8) is 0 Å². The second-order valence-electron chi connectivity index (χ2n) is 6.09. The van der Waals surface area contributed by atoms with Gasteiger partial charge in [-0.15, -0.1) is 0 Å². The zero-order valence-corrected chi connectivity index (χ0v) is 14.4. The number of rotatable bonds is 5. The van der Waals surface area contributed by atoms with Gasteiger partial charge in [-0.2, -0.15) is 0 Å². The summed E-state index contributed by atoms with van der Waals surface area (Å²) in [5, 5.41) is 0. The van der Waals surface area contributed by atoms with E-state index >= 15 is 0 Å². The van der Waals surface area contributed by atoms with Gasteiger partial charge in [-0.1, -0.05) is 48.9 Å². The molecule has 0 atom stereocenters. The molecule has 0 N–H and O–H groups in total. The Morgan fingerprint density at radius 1 is 1.00 bits per heavy atom. The first-order valence-electron chi connectivity index (χ1n) is 8.19. The molecule has 0 amide bonds. The van der Waals surface area contributed by atoms with Crippen LogP contribution in [0.2, 0.25) is 0 Å². The molecule has 0 spiro atoms. The summed E-state index contributed by atoms with van der Waals surface area (Å²) in [5.74, 6) is -0.0720. The molecule has 0 heterocycles. The van der Waals surface area contributed by atoms with Crippen LogP contribution in [-0.2, 0) is 0 Å². The van der Waals surface area contributed by atoms with Gasteiger partial charge < -0.3 is 0 Å². The van der Waals surface area contributed by atoms with Gasteiger partial charge in [0.2, 0.25) is 0 Å². The van der Waals surface area contributed by atoms with E-state index in [1.165, 1.54) is 5.57 Å². The van der Waals surface area contributed by atoms with E-state index in [1.54, 1.807) is 31.2 Å². The Labute approximate surface area is 138 Å². The lowest BCUT2D eigenvalue weighted by molar-refractivity contribution is 0.0976. The minimum absolute atomic E-state index is 0.0349. The third-order valence-corrected chi connectivity index (χ3v) is 4.30. The van der Waals surface area contributed by atoms with Crippen LogP contribution in [0.25, 0.3) is 0 Å². The normalized spacial score (nSPS) is 16.0. The Balaban J connectivity index is 2.28. The molecule has 1 aliphatic carbocycles. The van der Waals surface area contributed by atoms with Crippen molar-refractivity contribution in [2.24, 2.45) is 0 Å². The number of hydrogen-bond donors (Lipinski definition) is 0. The van der Waals surface area contributed by atoms with Crippen molar-refractivity contribution in [1.29, 1.82) is 0 Å². The number of ketones is 2. The second-order valence-corrected chi connectivity index (χ2v) is 6.09.